The zero-order valence-electron chi connectivity index (χ0n) is 17.4. The normalized spacial score (nSPS) is 13.8. The number of hydrogen-bond acceptors (Lipinski definition) is 11. The van der Waals surface area contributed by atoms with E-state index in [0.29, 0.717) is 43.8 Å². The van der Waals surface area contributed by atoms with E-state index >= 15 is 0 Å². The van der Waals surface area contributed by atoms with Crippen LogP contribution in [-0.2, 0) is 4.74 Å². The minimum Gasteiger partial charge on any atom is -0.508 e. The summed E-state index contributed by atoms with van der Waals surface area (Å²) in [5, 5.41) is 26.6. The van der Waals surface area contributed by atoms with Gasteiger partial charge >= 0.3 is 0 Å². The van der Waals surface area contributed by atoms with Crippen molar-refractivity contribution >= 4 is 29.7 Å². The Kier molecular flexibility index (Phi) is 6.46. The largest absolute Gasteiger partial charge is 0.508 e. The summed E-state index contributed by atoms with van der Waals surface area (Å²) in [7, 11) is 1.61. The van der Waals surface area contributed by atoms with E-state index in [2.05, 4.69) is 30.8 Å². The quantitative estimate of drug-likeness (QED) is 0.322. The van der Waals surface area contributed by atoms with Gasteiger partial charge in [-0.25, -0.2) is 5.43 Å². The van der Waals surface area contributed by atoms with Crippen molar-refractivity contribution in [2.24, 2.45) is 5.10 Å². The third-order valence-corrected chi connectivity index (χ3v) is 4.65. The first-order chi connectivity index (χ1) is 15.6. The molecule has 1 aliphatic heterocycles. The number of methoxy groups -OCH3 is 1. The molecular weight excluding hydrogens is 414 g/mol. The van der Waals surface area contributed by atoms with Crippen molar-refractivity contribution < 1.29 is 19.7 Å². The fraction of sp³-hybridized carbons (Fsp3) is 0.238. The molecule has 11 heteroatoms. The second-order valence-corrected chi connectivity index (χ2v) is 6.85. The smallest absolute Gasteiger partial charge is 0.250 e. The minimum absolute atomic E-state index is 0.0329. The van der Waals surface area contributed by atoms with Crippen molar-refractivity contribution in [3.8, 4) is 17.2 Å². The Morgan fingerprint density at radius 3 is 2.50 bits per heavy atom. The fourth-order valence-electron chi connectivity index (χ4n) is 2.98. The van der Waals surface area contributed by atoms with Crippen molar-refractivity contribution in [2.45, 2.75) is 0 Å². The molecule has 0 spiro atoms. The first kappa shape index (κ1) is 21.1. The van der Waals surface area contributed by atoms with Crippen molar-refractivity contribution in [1.29, 1.82) is 0 Å². The summed E-state index contributed by atoms with van der Waals surface area (Å²) in [6, 6.07) is 11.6. The molecule has 4 rings (SSSR count). The zero-order valence-corrected chi connectivity index (χ0v) is 17.4. The number of aromatic nitrogens is 3. The standard InChI is InChI=1S/C21H23N7O4/c1-31-17-6-3-15(4-7-17)23-19-24-20(26-21(25-19)28-8-10-32-11-9-28)27-22-13-14-2-5-16(29)12-18(14)30/h2-7,12-13,29-30H,8-11H2,1H3,(H2,23,24,25,26,27)/b22-13+. The topological polar surface area (TPSA) is 137 Å². The summed E-state index contributed by atoms with van der Waals surface area (Å²) in [6.07, 6.45) is 1.41. The molecule has 0 unspecified atom stereocenters. The number of ether oxygens (including phenoxy) is 2. The molecule has 0 saturated carbocycles. The Labute approximate surface area is 184 Å². The van der Waals surface area contributed by atoms with Gasteiger partial charge in [0.15, 0.2) is 0 Å². The van der Waals surface area contributed by atoms with Crippen LogP contribution >= 0.6 is 0 Å². The number of rotatable bonds is 7. The highest BCUT2D eigenvalue weighted by atomic mass is 16.5. The maximum Gasteiger partial charge on any atom is 0.250 e. The molecule has 0 radical (unpaired) electrons. The van der Waals surface area contributed by atoms with E-state index in [4.69, 9.17) is 9.47 Å². The highest BCUT2D eigenvalue weighted by molar-refractivity contribution is 5.84. The predicted octanol–water partition coefficient (Wildman–Crippen LogP) is 2.32. The molecule has 1 aliphatic rings. The number of morpholine rings is 1. The van der Waals surface area contributed by atoms with Gasteiger partial charge in [-0.2, -0.15) is 20.1 Å². The maximum absolute atomic E-state index is 9.89. The Morgan fingerprint density at radius 1 is 1.03 bits per heavy atom. The third-order valence-electron chi connectivity index (χ3n) is 4.65. The molecule has 2 heterocycles. The lowest BCUT2D eigenvalue weighted by atomic mass is 10.2. The summed E-state index contributed by atoms with van der Waals surface area (Å²) in [5.74, 6) is 1.68. The van der Waals surface area contributed by atoms with Crippen molar-refractivity contribution in [1.82, 2.24) is 15.0 Å². The number of nitrogens with one attached hydrogen (secondary N) is 2. The minimum atomic E-state index is -0.0953. The molecule has 1 fully saturated rings. The van der Waals surface area contributed by atoms with Crippen LogP contribution in [0.2, 0.25) is 0 Å². The van der Waals surface area contributed by atoms with Crippen LogP contribution in [0.5, 0.6) is 17.2 Å². The first-order valence-corrected chi connectivity index (χ1v) is 9.91. The van der Waals surface area contributed by atoms with Crippen LogP contribution in [0.25, 0.3) is 0 Å². The first-order valence-electron chi connectivity index (χ1n) is 9.91. The molecule has 11 nitrogen and oxygen atoms in total. The molecule has 1 saturated heterocycles. The van der Waals surface area contributed by atoms with E-state index in [0.717, 1.165) is 11.4 Å². The number of hydrazone groups is 1. The number of anilines is 4. The van der Waals surface area contributed by atoms with Crippen LogP contribution in [0.1, 0.15) is 5.56 Å². The van der Waals surface area contributed by atoms with E-state index in [1.165, 1.54) is 18.3 Å². The molecular formula is C21H23N7O4. The number of hydrogen-bond donors (Lipinski definition) is 4. The van der Waals surface area contributed by atoms with Crippen LogP contribution < -0.4 is 20.4 Å². The number of phenols is 2. The van der Waals surface area contributed by atoms with Gasteiger partial charge < -0.3 is 29.9 Å². The van der Waals surface area contributed by atoms with E-state index in [1.807, 2.05) is 29.2 Å². The van der Waals surface area contributed by atoms with E-state index in [1.54, 1.807) is 13.2 Å². The van der Waals surface area contributed by atoms with E-state index in [-0.39, 0.29) is 17.4 Å². The Balaban J connectivity index is 1.56. The monoisotopic (exact) mass is 437 g/mol. The van der Waals surface area contributed by atoms with Crippen LogP contribution in [0, 0.1) is 0 Å². The molecule has 0 amide bonds. The van der Waals surface area contributed by atoms with Gasteiger partial charge in [-0.1, -0.05) is 0 Å². The van der Waals surface area contributed by atoms with Gasteiger partial charge in [0, 0.05) is 30.4 Å². The van der Waals surface area contributed by atoms with Crippen LogP contribution in [0.15, 0.2) is 47.6 Å². The average Bonchev–Trinajstić information content (AvgIpc) is 2.81. The zero-order chi connectivity index (χ0) is 22.3. The fourth-order valence-corrected chi connectivity index (χ4v) is 2.98. The van der Waals surface area contributed by atoms with Crippen LogP contribution in [0.3, 0.4) is 0 Å². The second kappa shape index (κ2) is 9.79. The third kappa shape index (κ3) is 5.32. The van der Waals surface area contributed by atoms with Crippen molar-refractivity contribution in [3.05, 3.63) is 48.0 Å². The van der Waals surface area contributed by atoms with E-state index < -0.39 is 0 Å². The molecule has 0 bridgehead atoms. The molecule has 1 aromatic heterocycles. The molecule has 0 aliphatic carbocycles. The summed E-state index contributed by atoms with van der Waals surface area (Å²) in [6.45, 7) is 2.51. The highest BCUT2D eigenvalue weighted by Crippen LogP contribution is 2.22. The molecule has 3 aromatic rings. The maximum atomic E-state index is 9.89. The number of aromatic hydroxyl groups is 2. The van der Waals surface area contributed by atoms with E-state index in [9.17, 15) is 10.2 Å². The lowest BCUT2D eigenvalue weighted by Gasteiger charge is -2.27. The Hall–Kier alpha value is -4.12. The van der Waals surface area contributed by atoms with Crippen LogP contribution in [-0.4, -0.2) is 64.8 Å². The number of nitrogens with zero attached hydrogens (tertiary/aromatic N) is 5. The molecule has 166 valence electrons. The molecule has 32 heavy (non-hydrogen) atoms. The summed E-state index contributed by atoms with van der Waals surface area (Å²) in [5.41, 5.74) is 3.99. The summed E-state index contributed by atoms with van der Waals surface area (Å²) < 4.78 is 10.6. The summed E-state index contributed by atoms with van der Waals surface area (Å²) in [4.78, 5) is 15.4. The Bertz CT molecular complexity index is 1090. The predicted molar refractivity (Wildman–Crippen MR) is 120 cm³/mol. The van der Waals surface area contributed by atoms with Gasteiger partial charge in [-0.15, -0.1) is 0 Å². The second-order valence-electron chi connectivity index (χ2n) is 6.85. The van der Waals surface area contributed by atoms with Gasteiger partial charge in [0.1, 0.15) is 17.2 Å². The lowest BCUT2D eigenvalue weighted by Crippen LogP contribution is -2.37. The van der Waals surface area contributed by atoms with Gasteiger partial charge in [-0.3, -0.25) is 0 Å². The van der Waals surface area contributed by atoms with Crippen molar-refractivity contribution in [2.75, 3.05) is 49.1 Å². The van der Waals surface area contributed by atoms with Crippen LogP contribution in [0.4, 0.5) is 23.5 Å². The summed E-state index contributed by atoms with van der Waals surface area (Å²) >= 11 is 0. The Morgan fingerprint density at radius 2 is 1.78 bits per heavy atom. The number of phenolic OH excluding ortho intramolecular Hbond substituents is 2. The molecule has 4 N–H and O–H groups in total. The highest BCUT2D eigenvalue weighted by Gasteiger charge is 2.17. The SMILES string of the molecule is COc1ccc(Nc2nc(N/N=C/c3ccc(O)cc3O)nc(N3CCOCC3)n2)cc1. The van der Waals surface area contributed by atoms with Crippen molar-refractivity contribution in [3.63, 3.8) is 0 Å². The van der Waals surface area contributed by atoms with Gasteiger partial charge in [0.25, 0.3) is 0 Å². The van der Waals surface area contributed by atoms with Gasteiger partial charge in [0.05, 0.1) is 26.5 Å². The van der Waals surface area contributed by atoms with Gasteiger partial charge in [0.2, 0.25) is 17.8 Å². The average molecular weight is 437 g/mol. The molecule has 2 aromatic carbocycles. The number of benzene rings is 2. The lowest BCUT2D eigenvalue weighted by molar-refractivity contribution is 0.122. The molecule has 0 atom stereocenters. The van der Waals surface area contributed by atoms with Gasteiger partial charge in [-0.05, 0) is 36.4 Å².